The fourth-order valence-corrected chi connectivity index (χ4v) is 3.16. The molecule has 4 rings (SSSR count). The first-order chi connectivity index (χ1) is 13.4. The summed E-state index contributed by atoms with van der Waals surface area (Å²) in [4.78, 5) is 10.3. The van der Waals surface area contributed by atoms with E-state index in [0.29, 0.717) is 19.1 Å². The summed E-state index contributed by atoms with van der Waals surface area (Å²) < 4.78 is 5.85. The van der Waals surface area contributed by atoms with Crippen LogP contribution in [0.15, 0.2) is 78.0 Å². The summed E-state index contributed by atoms with van der Waals surface area (Å²) in [6.45, 7) is 0.999. The third-order valence-electron chi connectivity index (χ3n) is 4.57. The van der Waals surface area contributed by atoms with E-state index < -0.39 is 0 Å². The highest BCUT2D eigenvalue weighted by atomic mass is 16.6. The van der Waals surface area contributed by atoms with Crippen LogP contribution in [0.1, 0.15) is 35.2 Å². The molecular formula is C23H22N2O2. The number of pyridine rings is 1. The van der Waals surface area contributed by atoms with Gasteiger partial charge in [0.2, 0.25) is 5.88 Å². The van der Waals surface area contributed by atoms with Crippen molar-refractivity contribution in [3.8, 4) is 5.88 Å². The first-order valence-corrected chi connectivity index (χ1v) is 9.28. The van der Waals surface area contributed by atoms with Crippen molar-refractivity contribution >= 4 is 5.71 Å². The number of aryl methyl sites for hydroxylation is 1. The normalized spacial score (nSPS) is 14.6. The molecule has 1 heterocycles. The molecule has 0 saturated heterocycles. The number of aromatic nitrogens is 1. The minimum Gasteiger partial charge on any atom is -0.473 e. The van der Waals surface area contributed by atoms with Gasteiger partial charge in [0.15, 0.2) is 0 Å². The molecule has 0 bridgehead atoms. The van der Waals surface area contributed by atoms with E-state index in [1.807, 2.05) is 72.8 Å². The second-order valence-corrected chi connectivity index (χ2v) is 6.57. The SMILES string of the molecule is c1ccc(CO/N=C2\CCCc3nc(OCc4ccccc4)ccc32)cc1. The van der Waals surface area contributed by atoms with Gasteiger partial charge in [-0.3, -0.25) is 0 Å². The van der Waals surface area contributed by atoms with Crippen LogP contribution in [-0.2, 0) is 24.5 Å². The Morgan fingerprint density at radius 3 is 2.22 bits per heavy atom. The molecule has 0 radical (unpaired) electrons. The summed E-state index contributed by atoms with van der Waals surface area (Å²) in [5.74, 6) is 0.657. The fraction of sp³-hybridized carbons (Fsp3) is 0.217. The summed E-state index contributed by atoms with van der Waals surface area (Å²) >= 11 is 0. The number of ether oxygens (including phenoxy) is 1. The van der Waals surface area contributed by atoms with Crippen LogP contribution >= 0.6 is 0 Å². The quantitative estimate of drug-likeness (QED) is 0.588. The highest BCUT2D eigenvalue weighted by molar-refractivity contribution is 6.02. The molecule has 0 fully saturated rings. The summed E-state index contributed by atoms with van der Waals surface area (Å²) in [5, 5.41) is 4.38. The largest absolute Gasteiger partial charge is 0.473 e. The second kappa shape index (κ2) is 8.49. The minimum absolute atomic E-state index is 0.478. The van der Waals surface area contributed by atoms with E-state index in [1.54, 1.807) is 0 Å². The molecule has 1 aliphatic rings. The Labute approximate surface area is 159 Å². The van der Waals surface area contributed by atoms with Crippen molar-refractivity contribution in [2.75, 3.05) is 0 Å². The van der Waals surface area contributed by atoms with Gasteiger partial charge in [0.05, 0.1) is 11.4 Å². The van der Waals surface area contributed by atoms with E-state index >= 15 is 0 Å². The maximum Gasteiger partial charge on any atom is 0.213 e. The number of hydrogen-bond acceptors (Lipinski definition) is 4. The Bertz CT molecular complexity index is 908. The monoisotopic (exact) mass is 358 g/mol. The third-order valence-corrected chi connectivity index (χ3v) is 4.57. The zero-order valence-electron chi connectivity index (χ0n) is 15.2. The van der Waals surface area contributed by atoms with E-state index in [2.05, 4.69) is 10.1 Å². The van der Waals surface area contributed by atoms with Crippen molar-refractivity contribution in [3.05, 3.63) is 95.2 Å². The van der Waals surface area contributed by atoms with Crippen molar-refractivity contribution in [1.82, 2.24) is 4.98 Å². The summed E-state index contributed by atoms with van der Waals surface area (Å²) in [5.41, 5.74) is 5.32. The van der Waals surface area contributed by atoms with Crippen LogP contribution < -0.4 is 4.74 Å². The second-order valence-electron chi connectivity index (χ2n) is 6.57. The van der Waals surface area contributed by atoms with Crippen LogP contribution in [0.2, 0.25) is 0 Å². The Hall–Kier alpha value is -3.14. The Balaban J connectivity index is 1.42. The Morgan fingerprint density at radius 2 is 1.48 bits per heavy atom. The van der Waals surface area contributed by atoms with Crippen molar-refractivity contribution in [2.45, 2.75) is 32.5 Å². The van der Waals surface area contributed by atoms with E-state index in [9.17, 15) is 0 Å². The molecule has 136 valence electrons. The molecule has 0 saturated carbocycles. The molecule has 0 N–H and O–H groups in total. The average molecular weight is 358 g/mol. The van der Waals surface area contributed by atoms with Crippen LogP contribution in [0.5, 0.6) is 5.88 Å². The zero-order chi connectivity index (χ0) is 18.3. The topological polar surface area (TPSA) is 43.7 Å². The molecule has 4 nitrogen and oxygen atoms in total. The number of benzene rings is 2. The average Bonchev–Trinajstić information content (AvgIpc) is 2.74. The van der Waals surface area contributed by atoms with Crippen LogP contribution in [0.25, 0.3) is 0 Å². The minimum atomic E-state index is 0.478. The molecule has 1 aliphatic carbocycles. The zero-order valence-corrected chi connectivity index (χ0v) is 15.2. The molecule has 0 unspecified atom stereocenters. The highest BCUT2D eigenvalue weighted by Crippen LogP contribution is 2.23. The first-order valence-electron chi connectivity index (χ1n) is 9.28. The molecule has 0 amide bonds. The van der Waals surface area contributed by atoms with E-state index in [4.69, 9.17) is 9.57 Å². The van der Waals surface area contributed by atoms with E-state index in [1.165, 1.54) is 0 Å². The molecule has 0 atom stereocenters. The molecular weight excluding hydrogens is 336 g/mol. The highest BCUT2D eigenvalue weighted by Gasteiger charge is 2.18. The summed E-state index contributed by atoms with van der Waals surface area (Å²) in [7, 11) is 0. The van der Waals surface area contributed by atoms with Crippen molar-refractivity contribution in [1.29, 1.82) is 0 Å². The van der Waals surface area contributed by atoms with Gasteiger partial charge in [-0.25, -0.2) is 4.98 Å². The van der Waals surface area contributed by atoms with Crippen LogP contribution in [-0.4, -0.2) is 10.7 Å². The van der Waals surface area contributed by atoms with E-state index in [0.717, 1.165) is 47.4 Å². The molecule has 4 heteroatoms. The molecule has 3 aromatic rings. The van der Waals surface area contributed by atoms with Crippen LogP contribution in [0, 0.1) is 0 Å². The first kappa shape index (κ1) is 17.3. The Kier molecular flexibility index (Phi) is 5.44. The van der Waals surface area contributed by atoms with Gasteiger partial charge in [-0.1, -0.05) is 65.8 Å². The number of nitrogens with zero attached hydrogens (tertiary/aromatic N) is 2. The molecule has 2 aromatic carbocycles. The fourth-order valence-electron chi connectivity index (χ4n) is 3.16. The number of fused-ring (bicyclic) bond motifs is 1. The molecule has 0 aliphatic heterocycles. The lowest BCUT2D eigenvalue weighted by molar-refractivity contribution is 0.130. The van der Waals surface area contributed by atoms with Gasteiger partial charge in [-0.2, -0.15) is 0 Å². The third kappa shape index (κ3) is 4.53. The lowest BCUT2D eigenvalue weighted by Gasteiger charge is -2.17. The number of rotatable bonds is 6. The van der Waals surface area contributed by atoms with Gasteiger partial charge < -0.3 is 9.57 Å². The molecule has 27 heavy (non-hydrogen) atoms. The van der Waals surface area contributed by atoms with Crippen LogP contribution in [0.3, 0.4) is 0 Å². The van der Waals surface area contributed by atoms with E-state index in [-0.39, 0.29) is 0 Å². The summed E-state index contributed by atoms with van der Waals surface area (Å²) in [6.07, 6.45) is 2.87. The molecule has 0 spiro atoms. The number of hydrogen-bond donors (Lipinski definition) is 0. The van der Waals surface area contributed by atoms with Crippen molar-refractivity contribution < 1.29 is 9.57 Å². The van der Waals surface area contributed by atoms with Gasteiger partial charge in [-0.05, 0) is 36.5 Å². The van der Waals surface area contributed by atoms with Crippen molar-refractivity contribution in [3.63, 3.8) is 0 Å². The van der Waals surface area contributed by atoms with Crippen LogP contribution in [0.4, 0.5) is 0 Å². The van der Waals surface area contributed by atoms with Gasteiger partial charge in [0, 0.05) is 11.6 Å². The smallest absolute Gasteiger partial charge is 0.213 e. The maximum absolute atomic E-state index is 5.85. The Morgan fingerprint density at radius 1 is 0.778 bits per heavy atom. The van der Waals surface area contributed by atoms with Gasteiger partial charge in [0.25, 0.3) is 0 Å². The van der Waals surface area contributed by atoms with Gasteiger partial charge >= 0.3 is 0 Å². The van der Waals surface area contributed by atoms with Crippen molar-refractivity contribution in [2.24, 2.45) is 5.16 Å². The standard InChI is InChI=1S/C23H22N2O2/c1-3-8-18(9-4-1)16-26-23-15-14-20-21(24-23)12-7-13-22(20)25-27-17-19-10-5-2-6-11-19/h1-6,8-11,14-15H,7,12-13,16-17H2/b25-22+. The lowest BCUT2D eigenvalue weighted by Crippen LogP contribution is -2.14. The lowest BCUT2D eigenvalue weighted by atomic mass is 9.94. The molecule has 1 aromatic heterocycles. The maximum atomic E-state index is 5.85. The van der Waals surface area contributed by atoms with Gasteiger partial charge in [-0.15, -0.1) is 0 Å². The number of oxime groups is 1. The predicted octanol–water partition coefficient (Wildman–Crippen LogP) is 4.92. The van der Waals surface area contributed by atoms with Gasteiger partial charge in [0.1, 0.15) is 13.2 Å². The summed E-state index contributed by atoms with van der Waals surface area (Å²) in [6, 6.07) is 24.2. The predicted molar refractivity (Wildman–Crippen MR) is 106 cm³/mol.